The minimum absolute atomic E-state index is 0.0400. The molecular formula is C20H22N2O5. The smallest absolute Gasteiger partial charge is 0.314 e. The number of nitro groups is 1. The van der Waals surface area contributed by atoms with Crippen molar-refractivity contribution in [2.45, 2.75) is 26.2 Å². The highest BCUT2D eigenvalue weighted by Crippen LogP contribution is 2.28. The van der Waals surface area contributed by atoms with Crippen LogP contribution in [0.1, 0.15) is 31.7 Å². The van der Waals surface area contributed by atoms with E-state index in [4.69, 9.17) is 4.74 Å². The number of anilines is 1. The molecule has 0 unspecified atom stereocenters. The highest BCUT2D eigenvalue weighted by atomic mass is 16.6. The average Bonchev–Trinajstić information content (AvgIpc) is 2.67. The third kappa shape index (κ3) is 5.37. The van der Waals surface area contributed by atoms with Crippen molar-refractivity contribution in [2.24, 2.45) is 5.92 Å². The van der Waals surface area contributed by atoms with E-state index in [2.05, 4.69) is 5.32 Å². The van der Waals surface area contributed by atoms with Crippen LogP contribution >= 0.6 is 0 Å². The molecule has 0 radical (unpaired) electrons. The summed E-state index contributed by atoms with van der Waals surface area (Å²) in [5.41, 5.74) is 0.667. The van der Waals surface area contributed by atoms with E-state index in [0.29, 0.717) is 0 Å². The number of benzene rings is 2. The lowest BCUT2D eigenvalue weighted by Gasteiger charge is -2.21. The minimum Gasteiger partial charge on any atom is -0.455 e. The predicted octanol–water partition coefficient (Wildman–Crippen LogP) is 3.91. The number of carbonyl (C=O) groups excluding carboxylic acids is 2. The Hall–Kier alpha value is -3.22. The summed E-state index contributed by atoms with van der Waals surface area (Å²) in [5, 5.41) is 13.4. The number of esters is 1. The number of nitrogens with zero attached hydrogens (tertiary/aromatic N) is 1. The molecule has 0 heterocycles. The number of hydrogen-bond acceptors (Lipinski definition) is 5. The first-order valence-corrected chi connectivity index (χ1v) is 8.68. The van der Waals surface area contributed by atoms with E-state index in [-0.39, 0.29) is 17.3 Å². The van der Waals surface area contributed by atoms with Gasteiger partial charge in [0.2, 0.25) is 0 Å². The van der Waals surface area contributed by atoms with Crippen LogP contribution in [-0.2, 0) is 14.3 Å². The maximum atomic E-state index is 12.6. The largest absolute Gasteiger partial charge is 0.455 e. The van der Waals surface area contributed by atoms with Crippen molar-refractivity contribution in [3.8, 4) is 0 Å². The van der Waals surface area contributed by atoms with E-state index < -0.39 is 29.3 Å². The molecule has 142 valence electrons. The molecule has 0 saturated carbocycles. The minimum atomic E-state index is -0.631. The van der Waals surface area contributed by atoms with Gasteiger partial charge in [0.1, 0.15) is 5.69 Å². The molecule has 2 aromatic carbocycles. The van der Waals surface area contributed by atoms with Crippen molar-refractivity contribution in [1.82, 2.24) is 0 Å². The summed E-state index contributed by atoms with van der Waals surface area (Å²) in [6.45, 7) is 3.42. The molecule has 7 nitrogen and oxygen atoms in total. The molecule has 0 fully saturated rings. The molecule has 7 heteroatoms. The van der Waals surface area contributed by atoms with Gasteiger partial charge in [-0.05, 0) is 17.5 Å². The van der Waals surface area contributed by atoms with E-state index in [1.807, 2.05) is 44.2 Å². The van der Waals surface area contributed by atoms with Crippen molar-refractivity contribution < 1.29 is 19.2 Å². The highest BCUT2D eigenvalue weighted by Gasteiger charge is 2.28. The maximum absolute atomic E-state index is 12.6. The number of rotatable bonds is 8. The van der Waals surface area contributed by atoms with Gasteiger partial charge in [-0.3, -0.25) is 19.7 Å². The van der Waals surface area contributed by atoms with Crippen molar-refractivity contribution >= 4 is 23.3 Å². The standard InChI is InChI=1S/C20H22N2O5/c1-3-14(2)19(15-9-5-4-6-10-15)20(24)27-13-18(23)21-16-11-7-8-12-17(16)22(25)26/h4-12,14,19H,3,13H2,1-2H3,(H,21,23)/t14-,19+/m1/s1. The van der Waals surface area contributed by atoms with Crippen LogP contribution < -0.4 is 5.32 Å². The third-order valence-corrected chi connectivity index (χ3v) is 4.35. The average molecular weight is 370 g/mol. The number of nitro benzene ring substituents is 1. The van der Waals surface area contributed by atoms with Crippen LogP contribution in [0.3, 0.4) is 0 Å². The molecule has 2 aromatic rings. The summed E-state index contributed by atoms with van der Waals surface area (Å²) in [7, 11) is 0. The Labute approximate surface area is 157 Å². The molecule has 0 saturated heterocycles. The highest BCUT2D eigenvalue weighted by molar-refractivity contribution is 5.95. The van der Waals surface area contributed by atoms with E-state index in [1.165, 1.54) is 18.2 Å². The van der Waals surface area contributed by atoms with Gasteiger partial charge in [0.05, 0.1) is 10.8 Å². The molecule has 0 bridgehead atoms. The summed E-state index contributed by atoms with van der Waals surface area (Å²) in [6, 6.07) is 15.0. The van der Waals surface area contributed by atoms with Crippen LogP contribution in [0.15, 0.2) is 54.6 Å². The van der Waals surface area contributed by atoms with Crippen LogP contribution in [0.4, 0.5) is 11.4 Å². The van der Waals surface area contributed by atoms with E-state index in [1.54, 1.807) is 6.07 Å². The van der Waals surface area contributed by atoms with Crippen molar-refractivity contribution in [3.63, 3.8) is 0 Å². The fourth-order valence-electron chi connectivity index (χ4n) is 2.74. The number of hydrogen-bond donors (Lipinski definition) is 1. The zero-order valence-corrected chi connectivity index (χ0v) is 15.3. The van der Waals surface area contributed by atoms with Crippen molar-refractivity contribution in [2.75, 3.05) is 11.9 Å². The second kappa shape index (κ2) is 9.47. The molecule has 2 rings (SSSR count). The lowest BCUT2D eigenvalue weighted by molar-refractivity contribution is -0.383. The van der Waals surface area contributed by atoms with Gasteiger partial charge in [-0.25, -0.2) is 0 Å². The number of amides is 1. The Balaban J connectivity index is 2.03. The van der Waals surface area contributed by atoms with Crippen LogP contribution in [-0.4, -0.2) is 23.4 Å². The molecule has 0 aliphatic carbocycles. The first-order valence-electron chi connectivity index (χ1n) is 8.68. The predicted molar refractivity (Wildman–Crippen MR) is 101 cm³/mol. The molecule has 0 aromatic heterocycles. The maximum Gasteiger partial charge on any atom is 0.314 e. The lowest BCUT2D eigenvalue weighted by atomic mass is 9.86. The summed E-state index contributed by atoms with van der Waals surface area (Å²) in [4.78, 5) is 35.1. The van der Waals surface area contributed by atoms with Gasteiger partial charge in [-0.2, -0.15) is 0 Å². The normalized spacial score (nSPS) is 12.7. The monoisotopic (exact) mass is 370 g/mol. The molecule has 27 heavy (non-hydrogen) atoms. The zero-order valence-electron chi connectivity index (χ0n) is 15.3. The lowest BCUT2D eigenvalue weighted by Crippen LogP contribution is -2.27. The molecule has 1 N–H and O–H groups in total. The van der Waals surface area contributed by atoms with Gasteiger partial charge in [0.15, 0.2) is 6.61 Å². The van der Waals surface area contributed by atoms with Gasteiger partial charge in [0.25, 0.3) is 11.6 Å². The number of para-hydroxylation sites is 2. The van der Waals surface area contributed by atoms with Gasteiger partial charge in [-0.15, -0.1) is 0 Å². The number of nitrogens with one attached hydrogen (secondary N) is 1. The second-order valence-corrected chi connectivity index (χ2v) is 6.20. The Morgan fingerprint density at radius 2 is 1.74 bits per heavy atom. The van der Waals surface area contributed by atoms with Crippen LogP contribution in [0.2, 0.25) is 0 Å². The van der Waals surface area contributed by atoms with E-state index in [9.17, 15) is 19.7 Å². The topological polar surface area (TPSA) is 98.5 Å². The third-order valence-electron chi connectivity index (χ3n) is 4.35. The summed E-state index contributed by atoms with van der Waals surface area (Å²) in [6.07, 6.45) is 0.775. The Kier molecular flexibility index (Phi) is 7.05. The van der Waals surface area contributed by atoms with Crippen LogP contribution in [0.5, 0.6) is 0 Å². The number of carbonyl (C=O) groups is 2. The Morgan fingerprint density at radius 3 is 2.37 bits per heavy atom. The van der Waals surface area contributed by atoms with Crippen molar-refractivity contribution in [1.29, 1.82) is 0 Å². The van der Waals surface area contributed by atoms with Gasteiger partial charge >= 0.3 is 5.97 Å². The molecule has 0 spiro atoms. The summed E-state index contributed by atoms with van der Waals surface area (Å²) < 4.78 is 5.20. The van der Waals surface area contributed by atoms with E-state index in [0.717, 1.165) is 12.0 Å². The van der Waals surface area contributed by atoms with E-state index >= 15 is 0 Å². The molecule has 0 aliphatic heterocycles. The van der Waals surface area contributed by atoms with Crippen LogP contribution in [0.25, 0.3) is 0 Å². The van der Waals surface area contributed by atoms with Crippen molar-refractivity contribution in [3.05, 3.63) is 70.3 Å². The fraction of sp³-hybridized carbons (Fsp3) is 0.300. The molecule has 2 atom stereocenters. The molecular weight excluding hydrogens is 348 g/mol. The second-order valence-electron chi connectivity index (χ2n) is 6.20. The first-order chi connectivity index (χ1) is 12.9. The van der Waals surface area contributed by atoms with Crippen LogP contribution in [0, 0.1) is 16.0 Å². The first kappa shape index (κ1) is 20.1. The number of ether oxygens (including phenoxy) is 1. The molecule has 1 amide bonds. The summed E-state index contributed by atoms with van der Waals surface area (Å²) >= 11 is 0. The Morgan fingerprint density at radius 1 is 1.11 bits per heavy atom. The van der Waals surface area contributed by atoms with Gasteiger partial charge in [-0.1, -0.05) is 62.7 Å². The van der Waals surface area contributed by atoms with Gasteiger partial charge in [0, 0.05) is 6.07 Å². The summed E-state index contributed by atoms with van der Waals surface area (Å²) in [5.74, 6) is -1.56. The SMILES string of the molecule is CC[C@@H](C)[C@H](C(=O)OCC(=O)Nc1ccccc1[N+](=O)[O-])c1ccccc1. The Bertz CT molecular complexity index is 807. The fourth-order valence-corrected chi connectivity index (χ4v) is 2.74. The quantitative estimate of drug-likeness (QED) is 0.431. The van der Waals surface area contributed by atoms with Gasteiger partial charge < -0.3 is 10.1 Å². The molecule has 0 aliphatic rings. The zero-order chi connectivity index (χ0) is 19.8.